The Kier molecular flexibility index (Phi) is 4.59. The number of non-ortho nitro benzene ring substituents is 1. The fraction of sp³-hybridized carbons (Fsp3) is 0.0455. The summed E-state index contributed by atoms with van der Waals surface area (Å²) < 4.78 is 0. The highest BCUT2D eigenvalue weighted by Gasteiger charge is 2.36. The topological polar surface area (TPSA) is 107 Å². The largest absolute Gasteiger partial charge is 0.311 e. The first-order valence-electron chi connectivity index (χ1n) is 9.00. The first-order valence-corrected chi connectivity index (χ1v) is 9.00. The predicted octanol–water partition coefficient (Wildman–Crippen LogP) is 4.44. The van der Waals surface area contributed by atoms with Crippen LogP contribution in [0.5, 0.6) is 0 Å². The van der Waals surface area contributed by atoms with Crippen LogP contribution >= 0.6 is 0 Å². The number of carbonyl (C=O) groups excluding carboxylic acids is 1. The molecule has 1 aliphatic heterocycles. The van der Waals surface area contributed by atoms with Crippen LogP contribution in [0.1, 0.15) is 16.7 Å². The fourth-order valence-electron chi connectivity index (χ4n) is 3.65. The van der Waals surface area contributed by atoms with Crippen LogP contribution in [0.2, 0.25) is 0 Å². The zero-order valence-corrected chi connectivity index (χ0v) is 15.8. The molecule has 0 saturated carbocycles. The number of nitrogens with zero attached hydrogens (tertiary/aromatic N) is 3. The Morgan fingerprint density at radius 2 is 1.53 bits per heavy atom. The minimum absolute atomic E-state index is 0.154. The molecule has 0 saturated heterocycles. The molecule has 0 N–H and O–H groups in total. The van der Waals surface area contributed by atoms with Crippen LogP contribution in [0.15, 0.2) is 72.8 Å². The summed E-state index contributed by atoms with van der Waals surface area (Å²) in [6.45, 7) is 0. The van der Waals surface area contributed by atoms with Crippen molar-refractivity contribution in [3.63, 3.8) is 0 Å². The highest BCUT2D eigenvalue weighted by atomic mass is 16.6. The van der Waals surface area contributed by atoms with Crippen LogP contribution in [-0.2, 0) is 4.79 Å². The Hall–Kier alpha value is -4.33. The average molecular weight is 401 g/mol. The third kappa shape index (κ3) is 3.00. The van der Waals surface area contributed by atoms with Crippen molar-refractivity contribution in [3.05, 3.63) is 110 Å². The van der Waals surface area contributed by atoms with Gasteiger partial charge in [-0.1, -0.05) is 42.5 Å². The highest BCUT2D eigenvalue weighted by Crippen LogP contribution is 2.45. The molecular formula is C22H15N3O5. The second-order valence-corrected chi connectivity index (χ2v) is 6.71. The maximum atomic E-state index is 13.2. The number of nitro groups is 2. The summed E-state index contributed by atoms with van der Waals surface area (Å²) in [6.07, 6.45) is 0. The quantitative estimate of drug-likeness (QED) is 0.365. The van der Waals surface area contributed by atoms with Crippen molar-refractivity contribution in [2.45, 2.75) is 0 Å². The summed E-state index contributed by atoms with van der Waals surface area (Å²) in [7, 11) is 1.57. The maximum Gasteiger partial charge on any atom is 0.277 e. The molecule has 0 atom stereocenters. The van der Waals surface area contributed by atoms with Crippen LogP contribution in [0, 0.1) is 20.2 Å². The number of carbonyl (C=O) groups is 1. The summed E-state index contributed by atoms with van der Waals surface area (Å²) in [6, 6.07) is 19.2. The van der Waals surface area contributed by atoms with Gasteiger partial charge in [-0.25, -0.2) is 0 Å². The molecule has 1 aliphatic rings. The molecule has 1 amide bonds. The maximum absolute atomic E-state index is 13.2. The molecule has 8 heteroatoms. The van der Waals surface area contributed by atoms with Gasteiger partial charge in [-0.05, 0) is 17.7 Å². The van der Waals surface area contributed by atoms with E-state index in [1.807, 2.05) is 0 Å². The Labute approximate surface area is 171 Å². The highest BCUT2D eigenvalue weighted by molar-refractivity contribution is 6.39. The van der Waals surface area contributed by atoms with Crippen LogP contribution in [0.3, 0.4) is 0 Å². The van der Waals surface area contributed by atoms with E-state index in [-0.39, 0.29) is 28.4 Å². The van der Waals surface area contributed by atoms with Gasteiger partial charge in [-0.2, -0.15) is 0 Å². The zero-order chi connectivity index (χ0) is 21.4. The van der Waals surface area contributed by atoms with Gasteiger partial charge in [0, 0.05) is 36.4 Å². The van der Waals surface area contributed by atoms with Crippen LogP contribution in [-0.4, -0.2) is 22.8 Å². The number of para-hydroxylation sites is 1. The normalized spacial score (nSPS) is 14.4. The summed E-state index contributed by atoms with van der Waals surface area (Å²) in [5, 5.41) is 23.0. The lowest BCUT2D eigenvalue weighted by Crippen LogP contribution is -2.21. The number of amides is 1. The average Bonchev–Trinajstić information content (AvgIpc) is 3.00. The van der Waals surface area contributed by atoms with Gasteiger partial charge in [-0.3, -0.25) is 25.0 Å². The molecule has 30 heavy (non-hydrogen) atoms. The Morgan fingerprint density at radius 1 is 0.867 bits per heavy atom. The number of anilines is 1. The number of likely N-dealkylation sites (N-methyl/N-ethyl adjacent to an activating group) is 1. The predicted molar refractivity (Wildman–Crippen MR) is 112 cm³/mol. The first kappa shape index (κ1) is 19.0. The SMILES string of the molecule is CN1C(=O)/C(=C(\c2ccccc2)c2ccccc2[N+](=O)[O-])c2cc([N+](=O)[O-])ccc21. The Balaban J connectivity index is 2.13. The number of nitro benzene ring substituents is 2. The van der Waals surface area contributed by atoms with Gasteiger partial charge in [-0.15, -0.1) is 0 Å². The van der Waals surface area contributed by atoms with Crippen molar-refractivity contribution >= 4 is 34.1 Å². The molecule has 0 aliphatic carbocycles. The van der Waals surface area contributed by atoms with Gasteiger partial charge in [0.1, 0.15) is 0 Å². The molecular weight excluding hydrogens is 386 g/mol. The Morgan fingerprint density at radius 3 is 2.20 bits per heavy atom. The minimum atomic E-state index is -0.534. The van der Waals surface area contributed by atoms with Crippen LogP contribution in [0.4, 0.5) is 17.1 Å². The van der Waals surface area contributed by atoms with Crippen molar-refractivity contribution in [1.82, 2.24) is 0 Å². The van der Waals surface area contributed by atoms with Gasteiger partial charge >= 0.3 is 0 Å². The number of benzene rings is 3. The molecule has 8 nitrogen and oxygen atoms in total. The van der Waals surface area contributed by atoms with Gasteiger partial charge in [0.25, 0.3) is 17.3 Å². The van der Waals surface area contributed by atoms with Gasteiger partial charge < -0.3 is 4.90 Å². The van der Waals surface area contributed by atoms with E-state index in [1.54, 1.807) is 55.6 Å². The first-order chi connectivity index (χ1) is 14.4. The summed E-state index contributed by atoms with van der Waals surface area (Å²) in [5.41, 5.74) is 1.98. The van der Waals surface area contributed by atoms with Crippen LogP contribution in [0.25, 0.3) is 11.1 Å². The summed E-state index contributed by atoms with van der Waals surface area (Å²) in [4.78, 5) is 36.6. The zero-order valence-electron chi connectivity index (χ0n) is 15.8. The van der Waals surface area contributed by atoms with E-state index in [0.29, 0.717) is 22.4 Å². The van der Waals surface area contributed by atoms with Gasteiger partial charge in [0.2, 0.25) is 0 Å². The van der Waals surface area contributed by atoms with Gasteiger partial charge in [0.05, 0.1) is 26.7 Å². The lowest BCUT2D eigenvalue weighted by atomic mass is 9.89. The van der Waals surface area contributed by atoms with Crippen molar-refractivity contribution in [1.29, 1.82) is 0 Å². The van der Waals surface area contributed by atoms with Gasteiger partial charge in [0.15, 0.2) is 0 Å². The van der Waals surface area contributed by atoms with E-state index in [4.69, 9.17) is 0 Å². The molecule has 3 aromatic rings. The second kappa shape index (κ2) is 7.25. The molecule has 0 spiro atoms. The monoisotopic (exact) mass is 401 g/mol. The van der Waals surface area contributed by atoms with E-state index in [0.717, 1.165) is 0 Å². The molecule has 0 aromatic heterocycles. The fourth-order valence-corrected chi connectivity index (χ4v) is 3.65. The van der Waals surface area contributed by atoms with E-state index in [9.17, 15) is 25.0 Å². The molecule has 0 bridgehead atoms. The number of hydrogen-bond acceptors (Lipinski definition) is 5. The standard InChI is InChI=1S/C22H15N3O5/c1-23-18-12-11-15(24(27)28)13-17(18)21(22(23)26)20(14-7-3-2-4-8-14)16-9-5-6-10-19(16)25(29)30/h2-13H,1H3/b21-20+. The smallest absolute Gasteiger partial charge is 0.277 e. The van der Waals surface area contributed by atoms with Crippen molar-refractivity contribution < 1.29 is 14.6 Å². The van der Waals surface area contributed by atoms with Crippen molar-refractivity contribution in [3.8, 4) is 0 Å². The number of fused-ring (bicyclic) bond motifs is 1. The number of hydrogen-bond donors (Lipinski definition) is 0. The third-order valence-electron chi connectivity index (χ3n) is 5.02. The van der Waals surface area contributed by atoms with Crippen molar-refractivity contribution in [2.75, 3.05) is 11.9 Å². The van der Waals surface area contributed by atoms with E-state index in [1.165, 1.54) is 29.2 Å². The summed E-state index contributed by atoms with van der Waals surface area (Å²) in [5.74, 6) is -0.387. The van der Waals surface area contributed by atoms with E-state index < -0.39 is 9.85 Å². The molecule has 4 rings (SSSR count). The van der Waals surface area contributed by atoms with Crippen molar-refractivity contribution in [2.24, 2.45) is 0 Å². The molecule has 148 valence electrons. The second-order valence-electron chi connectivity index (χ2n) is 6.71. The van der Waals surface area contributed by atoms with Crippen LogP contribution < -0.4 is 4.90 Å². The Bertz CT molecular complexity index is 1230. The lowest BCUT2D eigenvalue weighted by Gasteiger charge is -2.13. The summed E-state index contributed by atoms with van der Waals surface area (Å²) >= 11 is 0. The van der Waals surface area contributed by atoms with E-state index in [2.05, 4.69) is 0 Å². The number of rotatable bonds is 4. The molecule has 3 aromatic carbocycles. The molecule has 0 radical (unpaired) electrons. The third-order valence-corrected chi connectivity index (χ3v) is 5.02. The molecule has 1 heterocycles. The van der Waals surface area contributed by atoms with E-state index >= 15 is 0 Å². The lowest BCUT2D eigenvalue weighted by molar-refractivity contribution is -0.385. The molecule has 0 fully saturated rings. The molecule has 0 unspecified atom stereocenters. The minimum Gasteiger partial charge on any atom is -0.311 e.